The van der Waals surface area contributed by atoms with Gasteiger partial charge in [-0.05, 0) is 110 Å². The van der Waals surface area contributed by atoms with Crippen LogP contribution in [-0.2, 0) is 5.41 Å². The average molecular weight is 705 g/mol. The molecule has 55 heavy (non-hydrogen) atoms. The fourth-order valence-electron chi connectivity index (χ4n) is 8.91. The van der Waals surface area contributed by atoms with Crippen LogP contribution in [0.4, 0.5) is 17.1 Å². The second-order valence-corrected chi connectivity index (χ2v) is 15.2. The molecule has 0 aliphatic heterocycles. The standard InChI is InChI=1S/C52H36N2O/c1-52(2)45-16-10-9-15-43(45)44-32-41(27-29-46(44)52)54(39-24-21-34(22-25-39)33-11-5-3-6-12-33)40-26-28-42-38(31-40)20-19-35-17-18-36-23-30-47-50(49(36)48(35)42)55-51(53-47)37-13-7-4-8-14-37/h3-32H,1-2H3. The average Bonchev–Trinajstić information content (AvgIpc) is 3.78. The molecule has 0 spiro atoms. The topological polar surface area (TPSA) is 29.3 Å². The summed E-state index contributed by atoms with van der Waals surface area (Å²) in [6.45, 7) is 4.67. The molecule has 0 N–H and O–H groups in total. The number of rotatable bonds is 5. The third-order valence-corrected chi connectivity index (χ3v) is 11.7. The van der Waals surface area contributed by atoms with E-state index in [0.29, 0.717) is 5.89 Å². The molecule has 1 heterocycles. The first-order chi connectivity index (χ1) is 27.0. The van der Waals surface area contributed by atoms with Crippen molar-refractivity contribution in [2.75, 3.05) is 4.90 Å². The number of hydrogen-bond acceptors (Lipinski definition) is 3. The number of anilines is 3. The van der Waals surface area contributed by atoms with Crippen LogP contribution in [0.15, 0.2) is 186 Å². The highest BCUT2D eigenvalue weighted by Crippen LogP contribution is 2.51. The third-order valence-electron chi connectivity index (χ3n) is 11.7. The van der Waals surface area contributed by atoms with Crippen molar-refractivity contribution in [3.8, 4) is 33.7 Å². The zero-order valence-corrected chi connectivity index (χ0v) is 30.6. The SMILES string of the molecule is CC1(C)c2ccccc2-c2cc(N(c3ccc(-c4ccccc4)cc3)c3ccc4c(ccc5ccc6ccc7nc(-c8ccccc8)oc7c6c54)c3)ccc21. The van der Waals surface area contributed by atoms with Gasteiger partial charge in [-0.25, -0.2) is 4.98 Å². The van der Waals surface area contributed by atoms with E-state index < -0.39 is 0 Å². The molecule has 1 aromatic heterocycles. The Bertz CT molecular complexity index is 3110. The smallest absolute Gasteiger partial charge is 0.227 e. The number of oxazole rings is 1. The Labute approximate surface area is 319 Å². The number of aromatic nitrogens is 1. The fraction of sp³-hybridized carbons (Fsp3) is 0.0577. The normalized spacial score (nSPS) is 13.1. The Balaban J connectivity index is 1.11. The van der Waals surface area contributed by atoms with E-state index in [4.69, 9.17) is 9.40 Å². The molecule has 0 saturated carbocycles. The maximum Gasteiger partial charge on any atom is 0.227 e. The molecule has 260 valence electrons. The highest BCUT2D eigenvalue weighted by Gasteiger charge is 2.35. The molecule has 0 bridgehead atoms. The first-order valence-electron chi connectivity index (χ1n) is 19.0. The van der Waals surface area contributed by atoms with Gasteiger partial charge in [0.25, 0.3) is 0 Å². The molecule has 1 aliphatic rings. The third kappa shape index (κ3) is 4.93. The van der Waals surface area contributed by atoms with E-state index in [1.165, 1.54) is 49.5 Å². The van der Waals surface area contributed by atoms with Crippen molar-refractivity contribution < 1.29 is 4.42 Å². The van der Waals surface area contributed by atoms with Gasteiger partial charge in [-0.2, -0.15) is 0 Å². The highest BCUT2D eigenvalue weighted by atomic mass is 16.3. The second kappa shape index (κ2) is 12.0. The minimum Gasteiger partial charge on any atom is -0.435 e. The van der Waals surface area contributed by atoms with Crippen molar-refractivity contribution in [1.82, 2.24) is 4.98 Å². The van der Waals surface area contributed by atoms with Gasteiger partial charge in [0, 0.05) is 38.8 Å². The quantitative estimate of drug-likeness (QED) is 0.167. The first-order valence-corrected chi connectivity index (χ1v) is 19.0. The molecule has 0 atom stereocenters. The van der Waals surface area contributed by atoms with Crippen molar-refractivity contribution >= 4 is 60.5 Å². The number of nitrogens with zero attached hydrogens (tertiary/aromatic N) is 2. The molecule has 0 amide bonds. The molecule has 0 fully saturated rings. The lowest BCUT2D eigenvalue weighted by molar-refractivity contribution is 0.623. The summed E-state index contributed by atoms with van der Waals surface area (Å²) in [5.74, 6) is 0.636. The minimum atomic E-state index is -0.0593. The van der Waals surface area contributed by atoms with Gasteiger partial charge in [0.1, 0.15) is 5.52 Å². The van der Waals surface area contributed by atoms with E-state index in [1.807, 2.05) is 30.3 Å². The predicted octanol–water partition coefficient (Wildman–Crippen LogP) is 14.4. The summed E-state index contributed by atoms with van der Waals surface area (Å²) < 4.78 is 6.60. The van der Waals surface area contributed by atoms with Crippen LogP contribution in [0, 0.1) is 0 Å². The first kappa shape index (κ1) is 31.5. The highest BCUT2D eigenvalue weighted by molar-refractivity contribution is 6.26. The van der Waals surface area contributed by atoms with E-state index >= 15 is 0 Å². The number of fused-ring (bicyclic) bond motifs is 10. The molecule has 0 unspecified atom stereocenters. The molecule has 11 rings (SSSR count). The van der Waals surface area contributed by atoms with Crippen molar-refractivity contribution in [1.29, 1.82) is 0 Å². The lowest BCUT2D eigenvalue weighted by Crippen LogP contribution is -2.15. The summed E-state index contributed by atoms with van der Waals surface area (Å²) in [5.41, 5.74) is 13.7. The van der Waals surface area contributed by atoms with Gasteiger partial charge >= 0.3 is 0 Å². The monoisotopic (exact) mass is 704 g/mol. The van der Waals surface area contributed by atoms with E-state index in [9.17, 15) is 0 Å². The zero-order chi connectivity index (χ0) is 36.7. The summed E-state index contributed by atoms with van der Waals surface area (Å²) in [5, 5.41) is 6.92. The molecule has 0 saturated heterocycles. The van der Waals surface area contributed by atoms with Crippen LogP contribution in [0.5, 0.6) is 0 Å². The van der Waals surface area contributed by atoms with Crippen LogP contribution in [0.3, 0.4) is 0 Å². The van der Waals surface area contributed by atoms with E-state index in [1.54, 1.807) is 0 Å². The van der Waals surface area contributed by atoms with Crippen molar-refractivity contribution in [2.45, 2.75) is 19.3 Å². The van der Waals surface area contributed by atoms with Gasteiger partial charge in [0.05, 0.1) is 0 Å². The molecule has 9 aromatic carbocycles. The van der Waals surface area contributed by atoms with Gasteiger partial charge in [0.2, 0.25) is 5.89 Å². The molecule has 10 aromatic rings. The molecular formula is C52H36N2O. The van der Waals surface area contributed by atoms with E-state index in [-0.39, 0.29) is 5.41 Å². The summed E-state index contributed by atoms with van der Waals surface area (Å²) in [7, 11) is 0. The van der Waals surface area contributed by atoms with Crippen LogP contribution in [0.2, 0.25) is 0 Å². The summed E-state index contributed by atoms with van der Waals surface area (Å²) in [6, 6.07) is 65.6. The minimum absolute atomic E-state index is 0.0593. The van der Waals surface area contributed by atoms with E-state index in [0.717, 1.165) is 49.9 Å². The Hall–Kier alpha value is -6.97. The summed E-state index contributed by atoms with van der Waals surface area (Å²) in [6.07, 6.45) is 0. The van der Waals surface area contributed by atoms with Crippen LogP contribution >= 0.6 is 0 Å². The van der Waals surface area contributed by atoms with Crippen molar-refractivity contribution in [2.24, 2.45) is 0 Å². The van der Waals surface area contributed by atoms with Gasteiger partial charge in [-0.1, -0.05) is 141 Å². The lowest BCUT2D eigenvalue weighted by atomic mass is 9.82. The molecule has 3 heteroatoms. The molecular weight excluding hydrogens is 669 g/mol. The van der Waals surface area contributed by atoms with Gasteiger partial charge in [0.15, 0.2) is 5.58 Å². The Morgan fingerprint density at radius 1 is 0.455 bits per heavy atom. The van der Waals surface area contributed by atoms with Crippen LogP contribution in [-0.4, -0.2) is 4.98 Å². The fourth-order valence-corrected chi connectivity index (χ4v) is 8.91. The molecule has 1 aliphatic carbocycles. The summed E-state index contributed by atoms with van der Waals surface area (Å²) >= 11 is 0. The van der Waals surface area contributed by atoms with Crippen LogP contribution < -0.4 is 4.90 Å². The Morgan fingerprint density at radius 3 is 1.82 bits per heavy atom. The molecule has 3 nitrogen and oxygen atoms in total. The predicted molar refractivity (Wildman–Crippen MR) is 230 cm³/mol. The Kier molecular flexibility index (Phi) is 6.90. The Morgan fingerprint density at radius 2 is 1.04 bits per heavy atom. The second-order valence-electron chi connectivity index (χ2n) is 15.2. The van der Waals surface area contributed by atoms with Crippen molar-refractivity contribution in [3.05, 3.63) is 193 Å². The zero-order valence-electron chi connectivity index (χ0n) is 30.6. The maximum atomic E-state index is 6.60. The number of benzene rings is 9. The lowest BCUT2D eigenvalue weighted by Gasteiger charge is -2.27. The van der Waals surface area contributed by atoms with Gasteiger partial charge < -0.3 is 9.32 Å². The summed E-state index contributed by atoms with van der Waals surface area (Å²) in [4.78, 5) is 7.32. The van der Waals surface area contributed by atoms with Gasteiger partial charge in [-0.3, -0.25) is 0 Å². The van der Waals surface area contributed by atoms with Gasteiger partial charge in [-0.15, -0.1) is 0 Å². The number of hydrogen-bond donors (Lipinski definition) is 0. The molecule has 0 radical (unpaired) electrons. The largest absolute Gasteiger partial charge is 0.435 e. The van der Waals surface area contributed by atoms with Crippen LogP contribution in [0.1, 0.15) is 25.0 Å². The maximum absolute atomic E-state index is 6.60. The van der Waals surface area contributed by atoms with Crippen molar-refractivity contribution in [3.63, 3.8) is 0 Å². The van der Waals surface area contributed by atoms with E-state index in [2.05, 4.69) is 170 Å². The van der Waals surface area contributed by atoms with Crippen LogP contribution in [0.25, 0.3) is 77.1 Å².